The fraction of sp³-hybridized carbons (Fsp3) is 0.833. The lowest BCUT2D eigenvalue weighted by Gasteiger charge is -2.10. The molecule has 0 heterocycles. The fourth-order valence-electron chi connectivity index (χ4n) is 0.745. The highest BCUT2D eigenvalue weighted by atomic mass is 16.4. The molecule has 1 atom stereocenters. The Hall–Kier alpha value is -0.610. The number of likely N-dealkylation sites (N-methyl/N-ethyl adjacent to an activating group) is 1. The van der Waals surface area contributed by atoms with Crippen molar-refractivity contribution in [1.29, 1.82) is 0 Å². The monoisotopic (exact) mass is 148 g/mol. The van der Waals surface area contributed by atoms with Crippen LogP contribution < -0.4 is 4.90 Å². The predicted molar refractivity (Wildman–Crippen MR) is 35.9 cm³/mol. The SMILES string of the molecule is C[NH+](C)CC(O)CC(=O)O. The molecule has 4 nitrogen and oxygen atoms in total. The molecule has 0 spiro atoms. The summed E-state index contributed by atoms with van der Waals surface area (Å²) in [5.41, 5.74) is 0. The molecule has 0 radical (unpaired) electrons. The van der Waals surface area contributed by atoms with Crippen LogP contribution in [0.25, 0.3) is 0 Å². The summed E-state index contributed by atoms with van der Waals surface area (Å²) in [5, 5.41) is 17.2. The lowest BCUT2D eigenvalue weighted by molar-refractivity contribution is -0.861. The summed E-state index contributed by atoms with van der Waals surface area (Å²) in [6.07, 6.45) is -0.881. The lowest BCUT2D eigenvalue weighted by atomic mass is 10.2. The number of nitrogens with one attached hydrogen (secondary N) is 1. The van der Waals surface area contributed by atoms with Crippen LogP contribution >= 0.6 is 0 Å². The van der Waals surface area contributed by atoms with E-state index in [9.17, 15) is 4.79 Å². The molecule has 0 aromatic carbocycles. The zero-order valence-corrected chi connectivity index (χ0v) is 6.29. The summed E-state index contributed by atoms with van der Waals surface area (Å²) in [5.74, 6) is -0.950. The average Bonchev–Trinajstić information content (AvgIpc) is 1.58. The van der Waals surface area contributed by atoms with Crippen molar-refractivity contribution in [2.24, 2.45) is 0 Å². The van der Waals surface area contributed by atoms with Crippen LogP contribution in [0, 0.1) is 0 Å². The summed E-state index contributed by atoms with van der Waals surface area (Å²) in [6, 6.07) is 0. The van der Waals surface area contributed by atoms with Crippen molar-refractivity contribution in [2.45, 2.75) is 12.5 Å². The molecule has 0 aliphatic rings. The van der Waals surface area contributed by atoms with Gasteiger partial charge >= 0.3 is 5.97 Å². The van der Waals surface area contributed by atoms with Crippen LogP contribution in [0.5, 0.6) is 0 Å². The Bertz CT molecular complexity index is 114. The van der Waals surface area contributed by atoms with Gasteiger partial charge in [0.2, 0.25) is 0 Å². The van der Waals surface area contributed by atoms with E-state index in [-0.39, 0.29) is 6.42 Å². The quantitative estimate of drug-likeness (QED) is 0.431. The maximum Gasteiger partial charge on any atom is 0.306 e. The van der Waals surface area contributed by atoms with Crippen molar-refractivity contribution in [1.82, 2.24) is 0 Å². The van der Waals surface area contributed by atoms with E-state index >= 15 is 0 Å². The van der Waals surface area contributed by atoms with Crippen LogP contribution in [-0.4, -0.2) is 42.9 Å². The molecular formula is C6H14NO3+. The molecule has 0 aromatic heterocycles. The molecule has 3 N–H and O–H groups in total. The number of quaternary nitrogens is 1. The van der Waals surface area contributed by atoms with Gasteiger partial charge in [-0.1, -0.05) is 0 Å². The first-order valence-corrected chi connectivity index (χ1v) is 3.21. The van der Waals surface area contributed by atoms with Gasteiger partial charge in [-0.25, -0.2) is 0 Å². The van der Waals surface area contributed by atoms with Crippen molar-refractivity contribution < 1.29 is 19.9 Å². The first kappa shape index (κ1) is 9.39. The Morgan fingerprint density at radius 1 is 1.60 bits per heavy atom. The third kappa shape index (κ3) is 5.53. The predicted octanol–water partition coefficient (Wildman–Crippen LogP) is -2.03. The standard InChI is InChI=1S/C6H13NO3/c1-7(2)4-5(8)3-6(9)10/h5,8H,3-4H2,1-2H3,(H,9,10)/p+1. The van der Waals surface area contributed by atoms with Gasteiger partial charge in [0.1, 0.15) is 12.6 Å². The van der Waals surface area contributed by atoms with Gasteiger partial charge in [0.25, 0.3) is 0 Å². The van der Waals surface area contributed by atoms with Crippen LogP contribution in [0.15, 0.2) is 0 Å². The van der Waals surface area contributed by atoms with Gasteiger partial charge in [0.15, 0.2) is 0 Å². The van der Waals surface area contributed by atoms with E-state index in [2.05, 4.69) is 0 Å². The molecule has 0 saturated heterocycles. The maximum atomic E-state index is 10.0. The van der Waals surface area contributed by atoms with Crippen LogP contribution in [0.1, 0.15) is 6.42 Å². The van der Waals surface area contributed by atoms with Crippen LogP contribution in [0.3, 0.4) is 0 Å². The number of hydrogen-bond acceptors (Lipinski definition) is 2. The molecule has 1 unspecified atom stereocenters. The number of aliphatic hydroxyl groups excluding tert-OH is 1. The van der Waals surface area contributed by atoms with Crippen LogP contribution in [0.4, 0.5) is 0 Å². The second-order valence-electron chi connectivity index (χ2n) is 2.66. The third-order valence-electron chi connectivity index (χ3n) is 1.05. The van der Waals surface area contributed by atoms with Gasteiger partial charge in [0, 0.05) is 0 Å². The van der Waals surface area contributed by atoms with Gasteiger partial charge in [-0.05, 0) is 0 Å². The molecular weight excluding hydrogens is 134 g/mol. The number of hydrogen-bond donors (Lipinski definition) is 3. The number of aliphatic carboxylic acids is 1. The highest BCUT2D eigenvalue weighted by molar-refractivity contribution is 5.67. The number of rotatable bonds is 4. The van der Waals surface area contributed by atoms with Crippen LogP contribution in [0.2, 0.25) is 0 Å². The Kier molecular flexibility index (Phi) is 3.99. The second-order valence-corrected chi connectivity index (χ2v) is 2.66. The van der Waals surface area contributed by atoms with Crippen molar-refractivity contribution in [3.63, 3.8) is 0 Å². The highest BCUT2D eigenvalue weighted by Crippen LogP contribution is 1.85. The summed E-state index contributed by atoms with van der Waals surface area (Å²) in [6.45, 7) is 0.478. The Labute approximate surface area is 60.1 Å². The van der Waals surface area contributed by atoms with E-state index in [4.69, 9.17) is 10.2 Å². The van der Waals surface area contributed by atoms with Crippen molar-refractivity contribution >= 4 is 5.97 Å². The molecule has 0 aromatic rings. The molecule has 10 heavy (non-hydrogen) atoms. The summed E-state index contributed by atoms with van der Waals surface area (Å²) < 4.78 is 0. The molecule has 0 aliphatic heterocycles. The van der Waals surface area contributed by atoms with E-state index in [1.807, 2.05) is 14.1 Å². The van der Waals surface area contributed by atoms with Crippen molar-refractivity contribution in [2.75, 3.05) is 20.6 Å². The minimum Gasteiger partial charge on any atom is -0.481 e. The number of aliphatic hydroxyl groups is 1. The number of carboxylic acid groups (broad SMARTS) is 1. The van der Waals surface area contributed by atoms with Crippen molar-refractivity contribution in [3.8, 4) is 0 Å². The molecule has 0 rings (SSSR count). The largest absolute Gasteiger partial charge is 0.481 e. The second kappa shape index (κ2) is 4.24. The lowest BCUT2D eigenvalue weighted by Crippen LogP contribution is -3.07. The van der Waals surface area contributed by atoms with Gasteiger partial charge in [0.05, 0.1) is 20.5 Å². The van der Waals surface area contributed by atoms with Gasteiger partial charge in [-0.2, -0.15) is 0 Å². The minimum atomic E-state index is -0.950. The zero-order valence-electron chi connectivity index (χ0n) is 6.29. The van der Waals surface area contributed by atoms with Gasteiger partial charge in [-0.3, -0.25) is 4.79 Å². The van der Waals surface area contributed by atoms with Gasteiger partial charge < -0.3 is 15.1 Å². The molecule has 0 fully saturated rings. The molecule has 0 amide bonds. The molecule has 60 valence electrons. The van der Waals surface area contributed by atoms with Crippen LogP contribution in [-0.2, 0) is 4.79 Å². The summed E-state index contributed by atoms with van der Waals surface area (Å²) in [7, 11) is 3.73. The Morgan fingerprint density at radius 2 is 2.10 bits per heavy atom. The number of carbonyl (C=O) groups is 1. The fourth-order valence-corrected chi connectivity index (χ4v) is 0.745. The van der Waals surface area contributed by atoms with E-state index < -0.39 is 12.1 Å². The maximum absolute atomic E-state index is 10.0. The molecule has 0 bridgehead atoms. The smallest absolute Gasteiger partial charge is 0.306 e. The molecule has 0 aliphatic carbocycles. The normalized spacial score (nSPS) is 13.6. The Balaban J connectivity index is 3.43. The first-order valence-electron chi connectivity index (χ1n) is 3.21. The minimum absolute atomic E-state index is 0.162. The summed E-state index contributed by atoms with van der Waals surface area (Å²) >= 11 is 0. The highest BCUT2D eigenvalue weighted by Gasteiger charge is 2.11. The summed E-state index contributed by atoms with van der Waals surface area (Å²) in [4.78, 5) is 11.1. The average molecular weight is 148 g/mol. The molecule has 0 saturated carbocycles. The van der Waals surface area contributed by atoms with Gasteiger partial charge in [-0.15, -0.1) is 0 Å². The van der Waals surface area contributed by atoms with Crippen molar-refractivity contribution in [3.05, 3.63) is 0 Å². The third-order valence-corrected chi connectivity index (χ3v) is 1.05. The van der Waals surface area contributed by atoms with E-state index in [1.165, 1.54) is 0 Å². The Morgan fingerprint density at radius 3 is 2.40 bits per heavy atom. The van der Waals surface area contributed by atoms with E-state index in [1.54, 1.807) is 0 Å². The topological polar surface area (TPSA) is 62.0 Å². The van der Waals surface area contributed by atoms with E-state index in [0.29, 0.717) is 6.54 Å². The first-order chi connectivity index (χ1) is 4.52. The molecule has 4 heteroatoms. The number of carboxylic acids is 1. The zero-order chi connectivity index (χ0) is 8.15. The van der Waals surface area contributed by atoms with E-state index in [0.717, 1.165) is 4.90 Å².